The zero-order valence-corrected chi connectivity index (χ0v) is 6.56. The monoisotopic (exact) mass is 231 g/mol. The molecular weight excluding hydrogens is 228 g/mol. The van der Waals surface area contributed by atoms with E-state index in [0.29, 0.717) is 0 Å². The molecule has 0 rings (SSSR count). The lowest BCUT2D eigenvalue weighted by molar-refractivity contribution is -0.236. The number of hydrogen-bond donors (Lipinski definition) is 0. The number of hydrogen-bond acceptors (Lipinski definition) is 0. The average molecular weight is 232 g/mol. The minimum atomic E-state index is -5.67. The molecule has 0 fully saturated rings. The highest BCUT2D eigenvalue weighted by atomic mass is 35.5. The minimum Gasteiger partial charge on any atom is -0.234 e. The molecule has 0 aliphatic rings. The van der Waals surface area contributed by atoms with Crippen LogP contribution in [0.15, 0.2) is 0 Å². The van der Waals surface area contributed by atoms with Crippen molar-refractivity contribution in [2.45, 2.75) is 23.4 Å². The van der Waals surface area contributed by atoms with Crippen molar-refractivity contribution in [3.8, 4) is 0 Å². The van der Waals surface area contributed by atoms with Crippen molar-refractivity contribution in [2.24, 2.45) is 0 Å². The molecule has 0 spiro atoms. The summed E-state index contributed by atoms with van der Waals surface area (Å²) in [5.74, 6) is -10.5. The minimum absolute atomic E-state index is 1.67. The lowest BCUT2D eigenvalue weighted by atomic mass is 10.1. The molecule has 8 heteroatoms. The van der Waals surface area contributed by atoms with Gasteiger partial charge in [-0.3, -0.25) is 0 Å². The molecule has 1 atom stereocenters. The van der Waals surface area contributed by atoms with Gasteiger partial charge in [0, 0.05) is 6.92 Å². The van der Waals surface area contributed by atoms with E-state index in [9.17, 15) is 30.7 Å². The molecule has 0 nitrogen and oxygen atoms in total. The summed E-state index contributed by atoms with van der Waals surface area (Å²) in [7, 11) is 0. The number of halogens is 8. The molecule has 0 aliphatic heterocycles. The van der Waals surface area contributed by atoms with E-state index in [2.05, 4.69) is 11.6 Å². The molecule has 0 heterocycles. The van der Waals surface area contributed by atoms with Crippen LogP contribution in [0.3, 0.4) is 0 Å². The van der Waals surface area contributed by atoms with Gasteiger partial charge in [0.2, 0.25) is 6.17 Å². The van der Waals surface area contributed by atoms with Crippen LogP contribution >= 0.6 is 11.6 Å². The van der Waals surface area contributed by atoms with Crippen LogP contribution in [0.5, 0.6) is 0 Å². The molecule has 0 aromatic heterocycles. The highest BCUT2D eigenvalue weighted by Crippen LogP contribution is 2.45. The second-order valence-corrected chi connectivity index (χ2v) is 2.72. The van der Waals surface area contributed by atoms with Gasteiger partial charge in [-0.2, -0.15) is 17.6 Å². The molecule has 0 bridgehead atoms. The molecule has 13 heavy (non-hydrogen) atoms. The van der Waals surface area contributed by atoms with Gasteiger partial charge in [-0.15, -0.1) is 0 Å². The van der Waals surface area contributed by atoms with Crippen LogP contribution in [0.25, 0.3) is 0 Å². The lowest BCUT2D eigenvalue weighted by Gasteiger charge is -2.27. The van der Waals surface area contributed by atoms with Gasteiger partial charge in [-0.05, 0) is 11.6 Å². The van der Waals surface area contributed by atoms with E-state index in [4.69, 9.17) is 0 Å². The van der Waals surface area contributed by atoms with E-state index >= 15 is 0 Å². The van der Waals surface area contributed by atoms with Crippen LogP contribution in [-0.2, 0) is 0 Å². The van der Waals surface area contributed by atoms with Crippen molar-refractivity contribution in [3.05, 3.63) is 6.92 Å². The van der Waals surface area contributed by atoms with Crippen molar-refractivity contribution < 1.29 is 30.7 Å². The van der Waals surface area contributed by atoms with Crippen LogP contribution < -0.4 is 0 Å². The van der Waals surface area contributed by atoms with Gasteiger partial charge in [0.1, 0.15) is 0 Å². The molecule has 1 unspecified atom stereocenters. The Balaban J connectivity index is 4.86. The molecule has 0 aromatic carbocycles. The van der Waals surface area contributed by atoms with Gasteiger partial charge >= 0.3 is 11.3 Å². The van der Waals surface area contributed by atoms with E-state index in [-0.39, 0.29) is 0 Å². The number of alkyl halides is 8. The first-order valence-electron chi connectivity index (χ1n) is 2.72. The predicted octanol–water partition coefficient (Wildman–Crippen LogP) is 3.26. The second kappa shape index (κ2) is 3.18. The van der Waals surface area contributed by atoms with Gasteiger partial charge in [0.25, 0.3) is 5.92 Å². The van der Waals surface area contributed by atoms with Crippen molar-refractivity contribution in [1.82, 2.24) is 0 Å². The summed E-state index contributed by atoms with van der Waals surface area (Å²) in [6.45, 7) is 1.67. The van der Waals surface area contributed by atoms with Crippen LogP contribution in [0.2, 0.25) is 0 Å². The lowest BCUT2D eigenvalue weighted by Crippen LogP contribution is -2.51. The molecule has 0 saturated heterocycles. The van der Waals surface area contributed by atoms with Crippen molar-refractivity contribution in [1.29, 1.82) is 0 Å². The van der Waals surface area contributed by atoms with E-state index in [1.165, 1.54) is 0 Å². The molecule has 1 radical (unpaired) electrons. The number of rotatable bonds is 3. The highest BCUT2D eigenvalue weighted by Gasteiger charge is 2.67. The fraction of sp³-hybridized carbons (Fsp3) is 0.800. The van der Waals surface area contributed by atoms with Gasteiger partial charge < -0.3 is 0 Å². The Morgan fingerprint density at radius 1 is 1.00 bits per heavy atom. The SMILES string of the molecule is [CH2]C(F)(F)C(F)C(F)(F)C(F)(F)Cl. The van der Waals surface area contributed by atoms with Crippen molar-refractivity contribution in [2.75, 3.05) is 0 Å². The first-order valence-corrected chi connectivity index (χ1v) is 3.10. The van der Waals surface area contributed by atoms with E-state index in [1.54, 1.807) is 6.92 Å². The Bertz CT molecular complexity index is 178. The molecule has 0 saturated carbocycles. The van der Waals surface area contributed by atoms with Crippen LogP contribution in [0.1, 0.15) is 0 Å². The van der Waals surface area contributed by atoms with Gasteiger partial charge in [-0.1, -0.05) is 0 Å². The van der Waals surface area contributed by atoms with Gasteiger partial charge in [-0.25, -0.2) is 13.2 Å². The van der Waals surface area contributed by atoms with Crippen LogP contribution in [0, 0.1) is 6.92 Å². The van der Waals surface area contributed by atoms with Crippen LogP contribution in [0.4, 0.5) is 30.7 Å². The van der Waals surface area contributed by atoms with E-state index < -0.39 is 23.4 Å². The summed E-state index contributed by atoms with van der Waals surface area (Å²) in [5.41, 5.74) is 0. The van der Waals surface area contributed by atoms with E-state index in [1.807, 2.05) is 0 Å². The fourth-order valence-corrected chi connectivity index (χ4v) is 0.505. The fourth-order valence-electron chi connectivity index (χ4n) is 0.409. The zero-order chi connectivity index (χ0) is 11.1. The quantitative estimate of drug-likeness (QED) is 0.517. The average Bonchev–Trinajstić information content (AvgIpc) is 1.81. The summed E-state index contributed by atoms with van der Waals surface area (Å²) in [4.78, 5) is 0. The van der Waals surface area contributed by atoms with Gasteiger partial charge in [0.05, 0.1) is 0 Å². The molecule has 0 N–H and O–H groups in total. The Kier molecular flexibility index (Phi) is 3.13. The maximum absolute atomic E-state index is 12.1. The summed E-state index contributed by atoms with van der Waals surface area (Å²) >= 11 is 3.74. The maximum atomic E-state index is 12.1. The third kappa shape index (κ3) is 2.62. The predicted molar refractivity (Wildman–Crippen MR) is 30.9 cm³/mol. The summed E-state index contributed by atoms with van der Waals surface area (Å²) in [6.07, 6.45) is -4.44. The topological polar surface area (TPSA) is 0 Å². The van der Waals surface area contributed by atoms with Gasteiger partial charge in [0.15, 0.2) is 0 Å². The third-order valence-corrected chi connectivity index (χ3v) is 1.32. The Labute approximate surface area is 73.7 Å². The summed E-state index contributed by atoms with van der Waals surface area (Å²) in [6, 6.07) is 0. The molecule has 79 valence electrons. The highest BCUT2D eigenvalue weighted by molar-refractivity contribution is 6.22. The molecule has 0 amide bonds. The largest absolute Gasteiger partial charge is 0.387 e. The smallest absolute Gasteiger partial charge is 0.234 e. The first-order chi connectivity index (χ1) is 5.40. The molecular formula is C5H3ClF7. The Hall–Kier alpha value is -0.200. The van der Waals surface area contributed by atoms with Crippen LogP contribution in [-0.4, -0.2) is 23.4 Å². The first kappa shape index (κ1) is 12.8. The third-order valence-electron chi connectivity index (χ3n) is 1.07. The normalized spacial score (nSPS) is 17.3. The Morgan fingerprint density at radius 2 is 1.31 bits per heavy atom. The van der Waals surface area contributed by atoms with Crippen molar-refractivity contribution >= 4 is 11.6 Å². The van der Waals surface area contributed by atoms with Crippen molar-refractivity contribution in [3.63, 3.8) is 0 Å². The standard InChI is InChI=1S/C5H3ClF7/c1-3(8,9)2(7)4(10,11)5(6,12)13/h2H,1H2. The zero-order valence-electron chi connectivity index (χ0n) is 5.81. The summed E-state index contributed by atoms with van der Waals surface area (Å²) < 4.78 is 83.1. The summed E-state index contributed by atoms with van der Waals surface area (Å²) in [5, 5.41) is -5.38. The molecule has 0 aliphatic carbocycles. The second-order valence-electron chi connectivity index (χ2n) is 2.24. The Morgan fingerprint density at radius 3 is 1.38 bits per heavy atom. The van der Waals surface area contributed by atoms with E-state index in [0.717, 1.165) is 0 Å². The molecule has 0 aromatic rings. The maximum Gasteiger partial charge on any atom is 0.387 e.